The highest BCUT2D eigenvalue weighted by molar-refractivity contribution is 5.77. The minimum Gasteiger partial charge on any atom is -0.406 e. The number of amides is 2. The number of allylic oxidation sites excluding steroid dienone is 1. The van der Waals surface area contributed by atoms with Crippen molar-refractivity contribution in [3.63, 3.8) is 0 Å². The fourth-order valence-corrected chi connectivity index (χ4v) is 1.44. The second kappa shape index (κ2) is 7.18. The molecule has 0 aliphatic rings. The van der Waals surface area contributed by atoms with Gasteiger partial charge in [-0.1, -0.05) is 23.8 Å². The number of ether oxygens (including phenoxy) is 2. The monoisotopic (exact) mass is 278 g/mol. The van der Waals surface area contributed by atoms with Crippen LogP contribution < -0.4 is 20.1 Å². The number of rotatable bonds is 3. The van der Waals surface area contributed by atoms with E-state index in [4.69, 9.17) is 9.47 Å². The van der Waals surface area contributed by atoms with Gasteiger partial charge in [0.2, 0.25) is 0 Å². The summed E-state index contributed by atoms with van der Waals surface area (Å²) in [6.45, 7) is 3.83. The summed E-state index contributed by atoms with van der Waals surface area (Å²) < 4.78 is 10.3. The van der Waals surface area contributed by atoms with Gasteiger partial charge in [-0.2, -0.15) is 0 Å². The Balaban J connectivity index is 3.24. The third kappa shape index (κ3) is 4.31. The van der Waals surface area contributed by atoms with Gasteiger partial charge < -0.3 is 20.1 Å². The number of carbonyl (C=O) groups is 2. The van der Waals surface area contributed by atoms with E-state index in [1.807, 2.05) is 19.9 Å². The third-order valence-corrected chi connectivity index (χ3v) is 2.26. The van der Waals surface area contributed by atoms with Gasteiger partial charge in [0.15, 0.2) is 11.5 Å². The molecule has 0 heterocycles. The first-order valence-corrected chi connectivity index (χ1v) is 6.05. The zero-order valence-corrected chi connectivity index (χ0v) is 11.9. The smallest absolute Gasteiger partial charge is 0.406 e. The van der Waals surface area contributed by atoms with Gasteiger partial charge in [-0.3, -0.25) is 0 Å². The summed E-state index contributed by atoms with van der Waals surface area (Å²) in [4.78, 5) is 22.7. The molecule has 6 heteroatoms. The van der Waals surface area contributed by atoms with Crippen LogP contribution in [0.1, 0.15) is 19.4 Å². The van der Waals surface area contributed by atoms with Crippen LogP contribution in [0.2, 0.25) is 0 Å². The Labute approximate surface area is 117 Å². The number of benzene rings is 1. The molecule has 2 amide bonds. The fraction of sp³-hybridized carbons (Fsp3) is 0.286. The molecule has 2 N–H and O–H groups in total. The van der Waals surface area contributed by atoms with E-state index in [1.165, 1.54) is 14.1 Å². The number of nitrogens with one attached hydrogen (secondary N) is 2. The molecular weight excluding hydrogens is 260 g/mol. The van der Waals surface area contributed by atoms with Crippen LogP contribution >= 0.6 is 0 Å². The predicted molar refractivity (Wildman–Crippen MR) is 75.9 cm³/mol. The molecule has 1 aromatic rings. The van der Waals surface area contributed by atoms with Crippen molar-refractivity contribution in [2.24, 2.45) is 0 Å². The van der Waals surface area contributed by atoms with Crippen molar-refractivity contribution in [3.05, 3.63) is 29.3 Å². The van der Waals surface area contributed by atoms with Gasteiger partial charge in [0.1, 0.15) is 0 Å². The van der Waals surface area contributed by atoms with E-state index in [2.05, 4.69) is 10.6 Å². The van der Waals surface area contributed by atoms with Crippen molar-refractivity contribution in [1.82, 2.24) is 10.6 Å². The molecule has 0 saturated heterocycles. The van der Waals surface area contributed by atoms with Crippen molar-refractivity contribution in [3.8, 4) is 11.5 Å². The molecule has 0 aliphatic heterocycles. The minimum atomic E-state index is -0.638. The van der Waals surface area contributed by atoms with Crippen LogP contribution in [0.15, 0.2) is 23.8 Å². The lowest BCUT2D eigenvalue weighted by Crippen LogP contribution is -2.25. The van der Waals surface area contributed by atoms with Crippen molar-refractivity contribution in [1.29, 1.82) is 0 Å². The molecule has 108 valence electrons. The summed E-state index contributed by atoms with van der Waals surface area (Å²) >= 11 is 0. The summed E-state index contributed by atoms with van der Waals surface area (Å²) in [5.74, 6) is 0.361. The molecular formula is C14H18N2O4. The van der Waals surface area contributed by atoms with Crippen LogP contribution in [0.4, 0.5) is 9.59 Å². The van der Waals surface area contributed by atoms with Gasteiger partial charge in [0, 0.05) is 19.7 Å². The van der Waals surface area contributed by atoms with Crippen molar-refractivity contribution < 1.29 is 19.1 Å². The van der Waals surface area contributed by atoms with E-state index in [0.717, 1.165) is 5.57 Å². The lowest BCUT2D eigenvalue weighted by molar-refractivity contribution is 0.192. The average molecular weight is 278 g/mol. The SMILES string of the molecule is CNC(=O)Oc1cccc(C=C(C)C)c1OC(=O)NC. The second-order valence-corrected chi connectivity index (χ2v) is 4.18. The number of carbonyl (C=O) groups excluding carboxylic acids is 2. The summed E-state index contributed by atoms with van der Waals surface area (Å²) in [7, 11) is 2.90. The molecule has 0 bridgehead atoms. The molecule has 0 spiro atoms. The lowest BCUT2D eigenvalue weighted by Gasteiger charge is -2.12. The van der Waals surface area contributed by atoms with Gasteiger partial charge in [0.25, 0.3) is 0 Å². The van der Waals surface area contributed by atoms with Gasteiger partial charge >= 0.3 is 12.2 Å². The normalized spacial score (nSPS) is 9.40. The van der Waals surface area contributed by atoms with Crippen LogP contribution in [-0.2, 0) is 0 Å². The number of hydrogen-bond donors (Lipinski definition) is 2. The number of hydrogen-bond acceptors (Lipinski definition) is 4. The highest BCUT2D eigenvalue weighted by Gasteiger charge is 2.15. The van der Waals surface area contributed by atoms with Gasteiger partial charge in [-0.15, -0.1) is 0 Å². The molecule has 0 saturated carbocycles. The Morgan fingerprint density at radius 2 is 1.65 bits per heavy atom. The quantitative estimate of drug-likeness (QED) is 0.890. The van der Waals surface area contributed by atoms with Crippen molar-refractivity contribution >= 4 is 18.3 Å². The van der Waals surface area contributed by atoms with Crippen LogP contribution in [0.25, 0.3) is 6.08 Å². The molecule has 0 fully saturated rings. The Morgan fingerprint density at radius 1 is 1.05 bits per heavy atom. The molecule has 1 aromatic carbocycles. The van der Waals surface area contributed by atoms with Gasteiger partial charge in [-0.05, 0) is 19.9 Å². The maximum Gasteiger partial charge on any atom is 0.412 e. The first-order valence-electron chi connectivity index (χ1n) is 6.05. The van der Waals surface area contributed by atoms with E-state index in [9.17, 15) is 9.59 Å². The van der Waals surface area contributed by atoms with Crippen molar-refractivity contribution in [2.45, 2.75) is 13.8 Å². The third-order valence-electron chi connectivity index (χ3n) is 2.26. The van der Waals surface area contributed by atoms with Crippen LogP contribution in [0.5, 0.6) is 11.5 Å². The molecule has 0 atom stereocenters. The summed E-state index contributed by atoms with van der Waals surface area (Å²) in [5, 5.41) is 4.69. The fourth-order valence-electron chi connectivity index (χ4n) is 1.44. The molecule has 0 aliphatic carbocycles. The molecule has 6 nitrogen and oxygen atoms in total. The Kier molecular flexibility index (Phi) is 5.58. The lowest BCUT2D eigenvalue weighted by atomic mass is 10.1. The van der Waals surface area contributed by atoms with E-state index < -0.39 is 12.2 Å². The standard InChI is InChI=1S/C14H18N2O4/c1-9(2)8-10-6-5-7-11(19-13(17)15-3)12(10)20-14(18)16-4/h5-8H,1-4H3,(H,15,17)(H,16,18). The highest BCUT2D eigenvalue weighted by Crippen LogP contribution is 2.33. The highest BCUT2D eigenvalue weighted by atomic mass is 16.6. The van der Waals surface area contributed by atoms with Crippen LogP contribution in [-0.4, -0.2) is 26.3 Å². The molecule has 0 unspecified atom stereocenters. The zero-order chi connectivity index (χ0) is 15.1. The van der Waals surface area contributed by atoms with E-state index in [-0.39, 0.29) is 11.5 Å². The largest absolute Gasteiger partial charge is 0.412 e. The average Bonchev–Trinajstić information content (AvgIpc) is 2.41. The first-order chi connectivity index (χ1) is 9.47. The first kappa shape index (κ1) is 15.6. The van der Waals surface area contributed by atoms with Gasteiger partial charge in [0.05, 0.1) is 0 Å². The molecule has 1 rings (SSSR count). The summed E-state index contributed by atoms with van der Waals surface area (Å²) in [6.07, 6.45) is 0.553. The molecule has 20 heavy (non-hydrogen) atoms. The van der Waals surface area contributed by atoms with Crippen LogP contribution in [0.3, 0.4) is 0 Å². The Hall–Kier alpha value is -2.50. The summed E-state index contributed by atoms with van der Waals surface area (Å²) in [6, 6.07) is 5.03. The van der Waals surface area contributed by atoms with Crippen molar-refractivity contribution in [2.75, 3.05) is 14.1 Å². The summed E-state index contributed by atoms with van der Waals surface area (Å²) in [5.41, 5.74) is 1.67. The zero-order valence-electron chi connectivity index (χ0n) is 11.9. The van der Waals surface area contributed by atoms with E-state index in [0.29, 0.717) is 5.56 Å². The predicted octanol–water partition coefficient (Wildman–Crippen LogP) is 2.55. The van der Waals surface area contributed by atoms with Crippen LogP contribution in [0, 0.1) is 0 Å². The van der Waals surface area contributed by atoms with Gasteiger partial charge in [-0.25, -0.2) is 9.59 Å². The second-order valence-electron chi connectivity index (χ2n) is 4.18. The number of para-hydroxylation sites is 1. The van der Waals surface area contributed by atoms with E-state index >= 15 is 0 Å². The molecule has 0 radical (unpaired) electrons. The van der Waals surface area contributed by atoms with E-state index in [1.54, 1.807) is 18.2 Å². The maximum atomic E-state index is 11.4. The Morgan fingerprint density at radius 3 is 2.20 bits per heavy atom. The molecule has 0 aromatic heterocycles. The maximum absolute atomic E-state index is 11.4. The topological polar surface area (TPSA) is 76.7 Å². The minimum absolute atomic E-state index is 0.169. The Bertz CT molecular complexity index is 534.